The van der Waals surface area contributed by atoms with Crippen LogP contribution in [0.2, 0.25) is 0 Å². The van der Waals surface area contributed by atoms with E-state index in [2.05, 4.69) is 50.2 Å². The van der Waals surface area contributed by atoms with Gasteiger partial charge in [0.15, 0.2) is 4.80 Å². The summed E-state index contributed by atoms with van der Waals surface area (Å²) < 4.78 is 14.5. The molecule has 1 aliphatic heterocycles. The lowest BCUT2D eigenvalue weighted by molar-refractivity contribution is -0.139. The highest BCUT2D eigenvalue weighted by molar-refractivity contribution is 14.1. The zero-order valence-electron chi connectivity index (χ0n) is 19.2. The zero-order chi connectivity index (χ0) is 25.3. The molecule has 1 N–H and O–H groups in total. The monoisotopic (exact) mass is 716 g/mol. The molecule has 7 nitrogen and oxygen atoms in total. The van der Waals surface area contributed by atoms with Gasteiger partial charge in [-0.3, -0.25) is 9.36 Å². The Morgan fingerprint density at radius 3 is 2.57 bits per heavy atom. The number of ether oxygens (including phenoxy) is 2. The maximum Gasteiger partial charge on any atom is 0.338 e. The quantitative estimate of drug-likeness (QED) is 0.307. The van der Waals surface area contributed by atoms with Crippen LogP contribution in [0.3, 0.4) is 0 Å². The van der Waals surface area contributed by atoms with Gasteiger partial charge in [0.2, 0.25) is 0 Å². The lowest BCUT2D eigenvalue weighted by Crippen LogP contribution is -2.39. The summed E-state index contributed by atoms with van der Waals surface area (Å²) >= 11 is 5.45. The molecule has 0 radical (unpaired) electrons. The minimum absolute atomic E-state index is 0.114. The van der Waals surface area contributed by atoms with Gasteiger partial charge in [-0.05, 0) is 102 Å². The Bertz CT molecular complexity index is 1510. The number of phenolic OH excluding ortho intramolecular Hbond substituents is 1. The number of nitrogens with zero attached hydrogens (tertiary/aromatic N) is 2. The predicted molar refractivity (Wildman–Crippen MR) is 152 cm³/mol. The second kappa shape index (κ2) is 10.8. The van der Waals surface area contributed by atoms with E-state index >= 15 is 0 Å². The van der Waals surface area contributed by atoms with Crippen LogP contribution in [0.15, 0.2) is 57.5 Å². The van der Waals surface area contributed by atoms with Crippen molar-refractivity contribution in [2.45, 2.75) is 26.8 Å². The van der Waals surface area contributed by atoms with E-state index in [1.165, 1.54) is 15.9 Å². The van der Waals surface area contributed by atoms with Crippen molar-refractivity contribution in [1.29, 1.82) is 0 Å². The number of rotatable bonds is 6. The van der Waals surface area contributed by atoms with E-state index in [4.69, 9.17) is 9.47 Å². The molecule has 0 aliphatic carbocycles. The van der Waals surface area contributed by atoms with Crippen molar-refractivity contribution in [3.05, 3.63) is 85.6 Å². The number of benzene rings is 2. The number of hydrogen-bond acceptors (Lipinski definition) is 7. The third-order valence-corrected chi connectivity index (χ3v) is 7.80. The fourth-order valence-electron chi connectivity index (χ4n) is 3.86. The van der Waals surface area contributed by atoms with Gasteiger partial charge in [-0.1, -0.05) is 23.5 Å². The molecule has 0 unspecified atom stereocenters. The van der Waals surface area contributed by atoms with Crippen LogP contribution in [0.1, 0.15) is 37.9 Å². The topological polar surface area (TPSA) is 90.1 Å². The van der Waals surface area contributed by atoms with Crippen molar-refractivity contribution in [1.82, 2.24) is 4.57 Å². The number of phenols is 1. The van der Waals surface area contributed by atoms with Gasteiger partial charge in [0.05, 0.1) is 38.6 Å². The van der Waals surface area contributed by atoms with E-state index in [-0.39, 0.29) is 17.9 Å². The molecule has 1 aromatic heterocycles. The largest absolute Gasteiger partial charge is 0.506 e. The van der Waals surface area contributed by atoms with E-state index in [0.29, 0.717) is 42.1 Å². The van der Waals surface area contributed by atoms with Gasteiger partial charge in [-0.15, -0.1) is 0 Å². The normalized spacial score (nSPS) is 15.6. The van der Waals surface area contributed by atoms with Crippen LogP contribution in [-0.4, -0.2) is 28.9 Å². The van der Waals surface area contributed by atoms with Crippen LogP contribution in [0.4, 0.5) is 0 Å². The molecule has 1 aliphatic rings. The first kappa shape index (κ1) is 25.9. The number of aromatic nitrogens is 1. The molecule has 182 valence electrons. The Morgan fingerprint density at radius 2 is 1.91 bits per heavy atom. The second-order valence-corrected chi connectivity index (χ2v) is 11.0. The fraction of sp³-hybridized carbons (Fsp3) is 0.240. The van der Waals surface area contributed by atoms with E-state index in [1.807, 2.05) is 43.3 Å². The summed E-state index contributed by atoms with van der Waals surface area (Å²) in [7, 11) is 0. The van der Waals surface area contributed by atoms with Gasteiger partial charge in [-0.2, -0.15) is 0 Å². The number of carbonyl (C=O) groups is 1. The SMILES string of the molecule is CCOC(=O)C1=C(C)N=c2s/c(=C\c3cc(I)cc(I)c3O)c(=O)n2[C@@H]1c1ccc(OCC)cc1. The average molecular weight is 716 g/mol. The third kappa shape index (κ3) is 5.19. The van der Waals surface area contributed by atoms with Gasteiger partial charge in [0.1, 0.15) is 11.5 Å². The number of halogens is 2. The predicted octanol–water partition coefficient (Wildman–Crippen LogP) is 4.11. The zero-order valence-corrected chi connectivity index (χ0v) is 24.3. The highest BCUT2D eigenvalue weighted by Gasteiger charge is 2.33. The third-order valence-electron chi connectivity index (χ3n) is 5.37. The number of aromatic hydroxyl groups is 1. The van der Waals surface area contributed by atoms with Gasteiger partial charge >= 0.3 is 5.97 Å². The van der Waals surface area contributed by atoms with Crippen molar-refractivity contribution >= 4 is 68.6 Å². The van der Waals surface area contributed by atoms with Crippen LogP contribution in [0.25, 0.3) is 6.08 Å². The molecule has 2 heterocycles. The Hall–Kier alpha value is -2.19. The molecule has 1 atom stereocenters. The van der Waals surface area contributed by atoms with Crippen LogP contribution in [0.5, 0.6) is 11.5 Å². The van der Waals surface area contributed by atoms with Gasteiger partial charge in [0, 0.05) is 9.13 Å². The van der Waals surface area contributed by atoms with Crippen LogP contribution >= 0.6 is 56.5 Å². The molecule has 0 bridgehead atoms. The van der Waals surface area contributed by atoms with Crippen LogP contribution in [-0.2, 0) is 9.53 Å². The van der Waals surface area contributed by atoms with Gasteiger partial charge in [-0.25, -0.2) is 9.79 Å². The van der Waals surface area contributed by atoms with Crippen LogP contribution in [0, 0.1) is 7.14 Å². The summed E-state index contributed by atoms with van der Waals surface area (Å²) in [4.78, 5) is 31.7. The Labute approximate surface area is 233 Å². The number of allylic oxidation sites excluding steroid dienone is 1. The highest BCUT2D eigenvalue weighted by atomic mass is 127. The Balaban J connectivity index is 1.94. The number of carbonyl (C=O) groups excluding carboxylic acids is 1. The number of esters is 1. The van der Waals surface area contributed by atoms with Crippen molar-refractivity contribution in [2.24, 2.45) is 4.99 Å². The minimum atomic E-state index is -0.701. The lowest BCUT2D eigenvalue weighted by atomic mass is 9.96. The maximum atomic E-state index is 13.7. The molecule has 0 fully saturated rings. The standard InChI is InChI=1S/C25H22I2N2O5S/c1-4-33-17-8-6-14(7-9-17)21-20(24(32)34-5-2)13(3)28-25-29(21)23(31)19(35-25)11-15-10-16(26)12-18(27)22(15)30/h6-12,21,30H,4-5H2,1-3H3/b19-11-/t21-/m1/s1. The first-order valence-corrected chi connectivity index (χ1v) is 13.8. The van der Waals surface area contributed by atoms with E-state index in [9.17, 15) is 14.7 Å². The molecular weight excluding hydrogens is 694 g/mol. The molecule has 0 saturated heterocycles. The molecule has 10 heteroatoms. The van der Waals surface area contributed by atoms with Crippen LogP contribution < -0.4 is 19.6 Å². The molecular formula is C25H22I2N2O5S. The summed E-state index contributed by atoms with van der Waals surface area (Å²) in [5.74, 6) is 0.306. The Morgan fingerprint density at radius 1 is 1.20 bits per heavy atom. The molecule has 0 amide bonds. The number of fused-ring (bicyclic) bond motifs is 1. The Kier molecular flexibility index (Phi) is 8.01. The van der Waals surface area contributed by atoms with E-state index < -0.39 is 12.0 Å². The smallest absolute Gasteiger partial charge is 0.338 e. The summed E-state index contributed by atoms with van der Waals surface area (Å²) in [6, 6.07) is 10.3. The van der Waals surface area contributed by atoms with Gasteiger partial charge < -0.3 is 14.6 Å². The fourth-order valence-corrected chi connectivity index (χ4v) is 6.78. The molecule has 4 rings (SSSR count). The van der Waals surface area contributed by atoms with Gasteiger partial charge in [0.25, 0.3) is 5.56 Å². The van der Waals surface area contributed by atoms with Crippen molar-refractivity contribution in [3.8, 4) is 11.5 Å². The maximum absolute atomic E-state index is 13.7. The molecule has 35 heavy (non-hydrogen) atoms. The first-order valence-electron chi connectivity index (χ1n) is 10.9. The van der Waals surface area contributed by atoms with Crippen molar-refractivity contribution in [3.63, 3.8) is 0 Å². The minimum Gasteiger partial charge on any atom is -0.506 e. The number of thiazole rings is 1. The summed E-state index contributed by atoms with van der Waals surface area (Å²) in [5, 5.41) is 10.5. The second-order valence-electron chi connectivity index (χ2n) is 7.63. The molecule has 3 aromatic rings. The molecule has 2 aromatic carbocycles. The van der Waals surface area contributed by atoms with Crippen molar-refractivity contribution < 1.29 is 19.4 Å². The summed E-state index contributed by atoms with van der Waals surface area (Å²) in [5.41, 5.74) is 1.81. The average Bonchev–Trinajstić information content (AvgIpc) is 3.11. The summed E-state index contributed by atoms with van der Waals surface area (Å²) in [6.07, 6.45) is 1.67. The first-order chi connectivity index (χ1) is 16.7. The van der Waals surface area contributed by atoms with E-state index in [1.54, 1.807) is 19.9 Å². The molecule has 0 saturated carbocycles. The summed E-state index contributed by atoms with van der Waals surface area (Å²) in [6.45, 7) is 6.14. The van der Waals surface area contributed by atoms with E-state index in [0.717, 1.165) is 9.13 Å². The lowest BCUT2D eigenvalue weighted by Gasteiger charge is -2.24. The van der Waals surface area contributed by atoms with Crippen molar-refractivity contribution in [2.75, 3.05) is 13.2 Å². The number of hydrogen-bond donors (Lipinski definition) is 1. The highest BCUT2D eigenvalue weighted by Crippen LogP contribution is 2.32. The molecule has 0 spiro atoms.